The number of fused-ring (bicyclic) bond motifs is 1. The Balaban J connectivity index is 2.19. The van der Waals surface area contributed by atoms with Gasteiger partial charge in [0.15, 0.2) is 5.58 Å². The van der Waals surface area contributed by atoms with E-state index in [1.54, 1.807) is 24.3 Å². The number of imide groups is 1. The molecule has 3 rings (SSSR count). The Hall–Kier alpha value is -2.63. The second kappa shape index (κ2) is 4.48. The van der Waals surface area contributed by atoms with Gasteiger partial charge in [-0.3, -0.25) is 19.5 Å². The summed E-state index contributed by atoms with van der Waals surface area (Å²) < 4.78 is 6.52. The van der Waals surface area contributed by atoms with Crippen LogP contribution in [0, 0.1) is 0 Å². The molecule has 1 aromatic heterocycles. The number of hydrogen-bond donors (Lipinski definition) is 1. The normalized spacial score (nSPS) is 19.1. The largest absolute Gasteiger partial charge is 0.420 e. The summed E-state index contributed by atoms with van der Waals surface area (Å²) in [5.74, 6) is -1.40. The van der Waals surface area contributed by atoms with Crippen LogP contribution in [0.3, 0.4) is 0 Å². The maximum atomic E-state index is 12.0. The topological polar surface area (TPSA) is 81.3 Å². The number of rotatable bonds is 2. The van der Waals surface area contributed by atoms with Crippen LogP contribution in [0.2, 0.25) is 0 Å². The molecule has 1 fully saturated rings. The summed E-state index contributed by atoms with van der Waals surface area (Å²) in [5.41, 5.74) is 1.62. The molecular formula is C14H12N2O4. The highest BCUT2D eigenvalue weighted by atomic mass is 16.4. The lowest BCUT2D eigenvalue weighted by Crippen LogP contribution is -2.43. The molecule has 2 heterocycles. The SMILES string of the molecule is C=Cc1cccc2c1oc(=O)n2C1CCC(=O)NC1=O. The number of carbonyl (C=O) groups is 2. The number of para-hydroxylation sites is 1. The van der Waals surface area contributed by atoms with Crippen LogP contribution in [0.4, 0.5) is 0 Å². The highest BCUT2D eigenvalue weighted by molar-refractivity contribution is 6.00. The number of amides is 2. The second-order valence-corrected chi connectivity index (χ2v) is 4.60. The minimum absolute atomic E-state index is 0.205. The zero-order valence-electron chi connectivity index (χ0n) is 10.6. The fourth-order valence-electron chi connectivity index (χ4n) is 2.46. The smallest absolute Gasteiger partial charge is 0.407 e. The number of nitrogens with zero attached hydrogens (tertiary/aromatic N) is 1. The molecule has 2 aromatic rings. The Morgan fingerprint density at radius 2 is 2.15 bits per heavy atom. The third-order valence-electron chi connectivity index (χ3n) is 3.41. The number of nitrogens with one attached hydrogen (secondary N) is 1. The van der Waals surface area contributed by atoms with Crippen LogP contribution in [0.5, 0.6) is 0 Å². The first-order valence-corrected chi connectivity index (χ1v) is 6.22. The van der Waals surface area contributed by atoms with Crippen LogP contribution in [0.25, 0.3) is 17.2 Å². The van der Waals surface area contributed by atoms with Crippen LogP contribution in [-0.4, -0.2) is 16.4 Å². The van der Waals surface area contributed by atoms with E-state index in [9.17, 15) is 14.4 Å². The molecule has 1 saturated heterocycles. The van der Waals surface area contributed by atoms with Gasteiger partial charge in [-0.2, -0.15) is 0 Å². The number of hydrogen-bond acceptors (Lipinski definition) is 4. The molecule has 1 atom stereocenters. The average Bonchev–Trinajstić information content (AvgIpc) is 2.75. The highest BCUT2D eigenvalue weighted by Gasteiger charge is 2.31. The molecule has 0 saturated carbocycles. The standard InChI is InChI=1S/C14H12N2O4/c1-2-8-4-3-5-9-12(8)20-14(19)16(9)10-6-7-11(17)15-13(10)18/h2-5,10H,1,6-7H2,(H,15,17,18). The summed E-state index contributed by atoms with van der Waals surface area (Å²) in [5, 5.41) is 2.24. The molecule has 1 N–H and O–H groups in total. The van der Waals surface area contributed by atoms with E-state index in [1.807, 2.05) is 0 Å². The second-order valence-electron chi connectivity index (χ2n) is 4.60. The van der Waals surface area contributed by atoms with Crippen molar-refractivity contribution in [2.24, 2.45) is 0 Å². The van der Waals surface area contributed by atoms with Gasteiger partial charge in [0, 0.05) is 12.0 Å². The lowest BCUT2D eigenvalue weighted by molar-refractivity contribution is -0.135. The van der Waals surface area contributed by atoms with Gasteiger partial charge < -0.3 is 4.42 Å². The van der Waals surface area contributed by atoms with E-state index >= 15 is 0 Å². The van der Waals surface area contributed by atoms with Gasteiger partial charge in [-0.15, -0.1) is 0 Å². The molecule has 6 heteroatoms. The quantitative estimate of drug-likeness (QED) is 0.833. The highest BCUT2D eigenvalue weighted by Crippen LogP contribution is 2.25. The summed E-state index contributed by atoms with van der Waals surface area (Å²) in [6.07, 6.45) is 2.08. The van der Waals surface area contributed by atoms with E-state index in [-0.39, 0.29) is 18.7 Å². The number of aromatic nitrogens is 1. The Morgan fingerprint density at radius 1 is 1.35 bits per heavy atom. The van der Waals surface area contributed by atoms with E-state index in [0.717, 1.165) is 0 Å². The molecule has 102 valence electrons. The Bertz CT molecular complexity index is 784. The zero-order valence-corrected chi connectivity index (χ0v) is 10.6. The fourth-order valence-corrected chi connectivity index (χ4v) is 2.46. The summed E-state index contributed by atoms with van der Waals surface area (Å²) in [6, 6.07) is 4.52. The van der Waals surface area contributed by atoms with Gasteiger partial charge in [-0.25, -0.2) is 4.79 Å². The molecule has 0 bridgehead atoms. The van der Waals surface area contributed by atoms with E-state index < -0.39 is 17.7 Å². The van der Waals surface area contributed by atoms with Gasteiger partial charge in [0.2, 0.25) is 11.8 Å². The number of piperidine rings is 1. The average molecular weight is 272 g/mol. The molecule has 1 unspecified atom stereocenters. The predicted octanol–water partition coefficient (Wildman–Crippen LogP) is 1.22. The first-order chi connectivity index (χ1) is 9.61. The fraction of sp³-hybridized carbons (Fsp3) is 0.214. The lowest BCUT2D eigenvalue weighted by atomic mass is 10.1. The third-order valence-corrected chi connectivity index (χ3v) is 3.41. The molecule has 0 spiro atoms. The van der Waals surface area contributed by atoms with Crippen LogP contribution >= 0.6 is 0 Å². The van der Waals surface area contributed by atoms with Gasteiger partial charge in [0.05, 0.1) is 5.52 Å². The Morgan fingerprint density at radius 3 is 2.85 bits per heavy atom. The summed E-state index contributed by atoms with van der Waals surface area (Å²) in [7, 11) is 0. The molecule has 0 radical (unpaired) electrons. The van der Waals surface area contributed by atoms with Crippen molar-refractivity contribution in [1.82, 2.24) is 9.88 Å². The van der Waals surface area contributed by atoms with E-state index in [0.29, 0.717) is 16.7 Å². The molecule has 1 aliphatic heterocycles. The van der Waals surface area contributed by atoms with Crippen molar-refractivity contribution < 1.29 is 14.0 Å². The van der Waals surface area contributed by atoms with E-state index in [1.165, 1.54) is 4.57 Å². The van der Waals surface area contributed by atoms with E-state index in [4.69, 9.17) is 4.42 Å². The van der Waals surface area contributed by atoms with Crippen LogP contribution in [-0.2, 0) is 9.59 Å². The summed E-state index contributed by atoms with van der Waals surface area (Å²) in [6.45, 7) is 3.66. The molecule has 20 heavy (non-hydrogen) atoms. The van der Waals surface area contributed by atoms with Gasteiger partial charge >= 0.3 is 5.76 Å². The third kappa shape index (κ3) is 1.77. The maximum Gasteiger partial charge on any atom is 0.420 e. The van der Waals surface area contributed by atoms with Crippen molar-refractivity contribution in [3.8, 4) is 0 Å². The van der Waals surface area contributed by atoms with Crippen LogP contribution in [0.15, 0.2) is 34.0 Å². The van der Waals surface area contributed by atoms with Crippen molar-refractivity contribution in [3.05, 3.63) is 40.9 Å². The molecular weight excluding hydrogens is 260 g/mol. The van der Waals surface area contributed by atoms with Crippen molar-refractivity contribution in [3.63, 3.8) is 0 Å². The van der Waals surface area contributed by atoms with Crippen molar-refractivity contribution in [1.29, 1.82) is 0 Å². The molecule has 6 nitrogen and oxygen atoms in total. The monoisotopic (exact) mass is 272 g/mol. The van der Waals surface area contributed by atoms with Gasteiger partial charge in [-0.1, -0.05) is 24.8 Å². The van der Waals surface area contributed by atoms with Gasteiger partial charge in [-0.05, 0) is 12.5 Å². The minimum atomic E-state index is -0.721. The number of carbonyl (C=O) groups excluding carboxylic acids is 2. The maximum absolute atomic E-state index is 12.0. The minimum Gasteiger partial charge on any atom is -0.407 e. The van der Waals surface area contributed by atoms with Crippen molar-refractivity contribution in [2.45, 2.75) is 18.9 Å². The first-order valence-electron chi connectivity index (χ1n) is 6.22. The van der Waals surface area contributed by atoms with Crippen LogP contribution < -0.4 is 11.1 Å². The van der Waals surface area contributed by atoms with Crippen molar-refractivity contribution >= 4 is 29.0 Å². The molecule has 1 aromatic carbocycles. The molecule has 0 aliphatic carbocycles. The Labute approximate surface area is 113 Å². The zero-order chi connectivity index (χ0) is 14.3. The first kappa shape index (κ1) is 12.4. The lowest BCUT2D eigenvalue weighted by Gasteiger charge is -2.21. The van der Waals surface area contributed by atoms with Crippen LogP contribution in [0.1, 0.15) is 24.4 Å². The summed E-state index contributed by atoms with van der Waals surface area (Å²) in [4.78, 5) is 35.1. The Kier molecular flexibility index (Phi) is 2.78. The van der Waals surface area contributed by atoms with Gasteiger partial charge in [0.1, 0.15) is 6.04 Å². The van der Waals surface area contributed by atoms with Gasteiger partial charge in [0.25, 0.3) is 0 Å². The molecule has 1 aliphatic rings. The van der Waals surface area contributed by atoms with E-state index in [2.05, 4.69) is 11.9 Å². The molecule has 2 amide bonds. The number of benzene rings is 1. The predicted molar refractivity (Wildman–Crippen MR) is 72.0 cm³/mol. The van der Waals surface area contributed by atoms with Crippen molar-refractivity contribution in [2.75, 3.05) is 0 Å². The number of oxazole rings is 1. The summed E-state index contributed by atoms with van der Waals surface area (Å²) >= 11 is 0.